The van der Waals surface area contributed by atoms with Crippen molar-refractivity contribution < 1.29 is 10.2 Å². The van der Waals surface area contributed by atoms with Gasteiger partial charge in [-0.2, -0.15) is 0 Å². The van der Waals surface area contributed by atoms with Crippen LogP contribution in [0.4, 0.5) is 0 Å². The van der Waals surface area contributed by atoms with E-state index in [2.05, 4.69) is 20.9 Å². The smallest absolute Gasteiger partial charge is 0.187 e. The first-order valence-corrected chi connectivity index (χ1v) is 4.88. The maximum atomic E-state index is 11.2. The third kappa shape index (κ3) is 2.40. The van der Waals surface area contributed by atoms with E-state index >= 15 is 0 Å². The molecular weight excluding hydrogens is 238 g/mol. The second kappa shape index (κ2) is 4.55. The lowest BCUT2D eigenvalue weighted by Crippen LogP contribution is -2.24. The molecule has 2 atom stereocenters. The molecule has 0 aromatic carbocycles. The second-order valence-electron chi connectivity index (χ2n) is 2.63. The molecule has 0 fully saturated rings. The molecule has 3 N–H and O–H groups in total. The third-order valence-corrected chi connectivity index (χ3v) is 2.36. The van der Waals surface area contributed by atoms with Gasteiger partial charge in [-0.3, -0.25) is 4.79 Å². The molecule has 4 nitrogen and oxygen atoms in total. The van der Waals surface area contributed by atoms with Crippen molar-refractivity contribution in [3.63, 3.8) is 0 Å². The lowest BCUT2D eigenvalue weighted by Gasteiger charge is -2.14. The normalized spacial score (nSPS) is 15.3. The number of pyridine rings is 1. The molecule has 2 unspecified atom stereocenters. The molecule has 0 aliphatic rings. The lowest BCUT2D eigenvalue weighted by atomic mass is 10.1. The highest BCUT2D eigenvalue weighted by molar-refractivity contribution is 9.09. The molecule has 0 saturated heterocycles. The van der Waals surface area contributed by atoms with Crippen LogP contribution < -0.4 is 5.43 Å². The van der Waals surface area contributed by atoms with Crippen molar-refractivity contribution in [2.45, 2.75) is 12.2 Å². The summed E-state index contributed by atoms with van der Waals surface area (Å²) < 4.78 is 0. The van der Waals surface area contributed by atoms with E-state index in [0.29, 0.717) is 0 Å². The molecule has 0 saturated carbocycles. The summed E-state index contributed by atoms with van der Waals surface area (Å²) in [6.07, 6.45) is 0.741. The van der Waals surface area contributed by atoms with Gasteiger partial charge in [0.1, 0.15) is 6.10 Å². The van der Waals surface area contributed by atoms with Crippen LogP contribution in [0.1, 0.15) is 11.7 Å². The van der Waals surface area contributed by atoms with E-state index in [1.807, 2.05) is 0 Å². The van der Waals surface area contributed by atoms with E-state index < -0.39 is 12.2 Å². The van der Waals surface area contributed by atoms with Crippen molar-refractivity contribution in [1.29, 1.82) is 0 Å². The van der Waals surface area contributed by atoms with E-state index in [1.54, 1.807) is 0 Å². The van der Waals surface area contributed by atoms with Crippen LogP contribution in [0.3, 0.4) is 0 Å². The fourth-order valence-electron chi connectivity index (χ4n) is 0.952. The van der Waals surface area contributed by atoms with Crippen LogP contribution in [0.25, 0.3) is 0 Å². The number of aromatic amines is 1. The van der Waals surface area contributed by atoms with Crippen molar-refractivity contribution in [2.24, 2.45) is 0 Å². The maximum Gasteiger partial charge on any atom is 0.187 e. The Morgan fingerprint density at radius 2 is 2.23 bits per heavy atom. The lowest BCUT2D eigenvalue weighted by molar-refractivity contribution is 0.0334. The average Bonchev–Trinajstić information content (AvgIpc) is 2.16. The van der Waals surface area contributed by atoms with E-state index in [9.17, 15) is 15.0 Å². The molecule has 0 spiro atoms. The topological polar surface area (TPSA) is 73.3 Å². The summed E-state index contributed by atoms with van der Waals surface area (Å²) in [6.45, 7) is 0. The van der Waals surface area contributed by atoms with Gasteiger partial charge in [-0.25, -0.2) is 0 Å². The molecule has 5 heteroatoms. The van der Waals surface area contributed by atoms with Crippen molar-refractivity contribution >= 4 is 15.9 Å². The predicted octanol–water partition coefficient (Wildman–Crippen LogP) is 0.164. The molecular formula is C8H10BrNO3. The van der Waals surface area contributed by atoms with E-state index in [-0.39, 0.29) is 16.3 Å². The number of rotatable bonds is 3. The van der Waals surface area contributed by atoms with Crippen LogP contribution >= 0.6 is 15.9 Å². The number of hydrogen-bond donors (Lipinski definition) is 3. The molecule has 0 amide bonds. The standard InChI is InChI=1S/C8H10BrNO3/c9-3-7(12)8(13)5-4-10-2-1-6(5)11/h1-2,4,7-8,12-13H,3H2,(H,10,11). The number of aliphatic hydroxyl groups excluding tert-OH is 2. The van der Waals surface area contributed by atoms with E-state index in [4.69, 9.17) is 0 Å². The minimum absolute atomic E-state index is 0.175. The Labute approximate surface area is 83.4 Å². The molecule has 1 heterocycles. The minimum Gasteiger partial charge on any atom is -0.389 e. The number of alkyl halides is 1. The van der Waals surface area contributed by atoms with E-state index in [0.717, 1.165) is 0 Å². The van der Waals surface area contributed by atoms with Gasteiger partial charge in [-0.05, 0) is 0 Å². The monoisotopic (exact) mass is 247 g/mol. The van der Waals surface area contributed by atoms with Gasteiger partial charge in [0.25, 0.3) is 0 Å². The molecule has 13 heavy (non-hydrogen) atoms. The molecule has 1 aromatic rings. The van der Waals surface area contributed by atoms with Crippen LogP contribution in [0.15, 0.2) is 23.3 Å². The van der Waals surface area contributed by atoms with Gasteiger partial charge in [-0.15, -0.1) is 0 Å². The number of nitrogens with one attached hydrogen (secondary N) is 1. The molecule has 1 aromatic heterocycles. The first kappa shape index (κ1) is 10.4. The number of halogens is 1. The van der Waals surface area contributed by atoms with Gasteiger partial charge in [0.2, 0.25) is 0 Å². The Morgan fingerprint density at radius 3 is 2.77 bits per heavy atom. The van der Waals surface area contributed by atoms with Crippen molar-refractivity contribution in [2.75, 3.05) is 5.33 Å². The van der Waals surface area contributed by atoms with Gasteiger partial charge >= 0.3 is 0 Å². The molecule has 0 radical (unpaired) electrons. The Hall–Kier alpha value is -0.650. The van der Waals surface area contributed by atoms with Crippen LogP contribution in [0.2, 0.25) is 0 Å². The molecule has 1 rings (SSSR count). The van der Waals surface area contributed by atoms with Gasteiger partial charge in [0.15, 0.2) is 5.43 Å². The fraction of sp³-hybridized carbons (Fsp3) is 0.375. The Morgan fingerprint density at radius 1 is 1.54 bits per heavy atom. The van der Waals surface area contributed by atoms with Crippen LogP contribution in [-0.4, -0.2) is 26.6 Å². The quantitative estimate of drug-likeness (QED) is 0.667. The summed E-state index contributed by atoms with van der Waals surface area (Å²) in [5, 5.41) is 18.9. The average molecular weight is 248 g/mol. The van der Waals surface area contributed by atoms with Crippen molar-refractivity contribution in [1.82, 2.24) is 4.98 Å². The van der Waals surface area contributed by atoms with Crippen molar-refractivity contribution in [3.8, 4) is 0 Å². The fourth-order valence-corrected chi connectivity index (χ4v) is 1.31. The molecule has 0 aliphatic carbocycles. The highest BCUT2D eigenvalue weighted by Crippen LogP contribution is 2.13. The largest absolute Gasteiger partial charge is 0.389 e. The Balaban J connectivity index is 2.95. The number of hydrogen-bond acceptors (Lipinski definition) is 3. The SMILES string of the molecule is O=c1cc[nH]cc1C(O)C(O)CBr. The zero-order chi connectivity index (χ0) is 9.84. The molecule has 0 bridgehead atoms. The van der Waals surface area contributed by atoms with Crippen LogP contribution in [0.5, 0.6) is 0 Å². The van der Waals surface area contributed by atoms with Gasteiger partial charge in [-0.1, -0.05) is 15.9 Å². The minimum atomic E-state index is -1.15. The number of H-pyrrole nitrogens is 1. The zero-order valence-corrected chi connectivity index (χ0v) is 8.36. The summed E-state index contributed by atoms with van der Waals surface area (Å²) >= 11 is 3.01. The first-order chi connectivity index (χ1) is 6.16. The van der Waals surface area contributed by atoms with Gasteiger partial charge in [0, 0.05) is 29.4 Å². The second-order valence-corrected chi connectivity index (χ2v) is 3.28. The highest BCUT2D eigenvalue weighted by Gasteiger charge is 2.19. The van der Waals surface area contributed by atoms with Crippen LogP contribution in [-0.2, 0) is 0 Å². The maximum absolute atomic E-state index is 11.2. The van der Waals surface area contributed by atoms with Gasteiger partial charge in [0.05, 0.1) is 6.10 Å². The van der Waals surface area contributed by atoms with Crippen molar-refractivity contribution in [3.05, 3.63) is 34.2 Å². The number of aliphatic hydroxyl groups is 2. The predicted molar refractivity (Wildman–Crippen MR) is 51.8 cm³/mol. The van der Waals surface area contributed by atoms with Crippen LogP contribution in [0, 0.1) is 0 Å². The Kier molecular flexibility index (Phi) is 3.65. The number of aromatic nitrogens is 1. The van der Waals surface area contributed by atoms with E-state index in [1.165, 1.54) is 18.5 Å². The molecule has 72 valence electrons. The summed E-state index contributed by atoms with van der Waals surface area (Å²) in [5.41, 5.74) is -0.110. The van der Waals surface area contributed by atoms with Gasteiger partial charge < -0.3 is 15.2 Å². The third-order valence-electron chi connectivity index (χ3n) is 1.70. The summed E-state index contributed by atoms with van der Waals surface area (Å²) in [7, 11) is 0. The summed E-state index contributed by atoms with van der Waals surface area (Å²) in [6, 6.07) is 1.31. The first-order valence-electron chi connectivity index (χ1n) is 3.76. The summed E-state index contributed by atoms with van der Waals surface area (Å²) in [4.78, 5) is 13.8. The highest BCUT2D eigenvalue weighted by atomic mass is 79.9. The molecule has 0 aliphatic heterocycles. The summed E-state index contributed by atoms with van der Waals surface area (Å²) in [5.74, 6) is 0. The zero-order valence-electron chi connectivity index (χ0n) is 6.77. The Bertz CT molecular complexity index is 325.